The molecule has 0 aliphatic rings. The summed E-state index contributed by atoms with van der Waals surface area (Å²) in [6.45, 7) is 1.72. The molecule has 0 saturated heterocycles. The minimum Gasteiger partial charge on any atom is -0.465 e. The molecule has 0 saturated carbocycles. The molecule has 106 valence electrons. The van der Waals surface area contributed by atoms with Crippen molar-refractivity contribution in [3.05, 3.63) is 28.8 Å². The molecule has 6 nitrogen and oxygen atoms in total. The second-order valence-electron chi connectivity index (χ2n) is 4.05. The molecule has 1 aromatic rings. The number of carbonyl (C=O) groups is 2. The van der Waals surface area contributed by atoms with Gasteiger partial charge >= 0.3 is 12.0 Å². The number of anilines is 1. The van der Waals surface area contributed by atoms with Crippen LogP contribution in [0, 0.1) is 11.3 Å². The summed E-state index contributed by atoms with van der Waals surface area (Å²) in [5.41, 5.74) is 0.655. The Hall–Kier alpha value is -2.26. The quantitative estimate of drug-likeness (QED) is 0.835. The lowest BCUT2D eigenvalue weighted by atomic mass is 10.2. The highest BCUT2D eigenvalue weighted by Crippen LogP contribution is 2.21. The van der Waals surface area contributed by atoms with Gasteiger partial charge in [-0.1, -0.05) is 11.6 Å². The highest BCUT2D eigenvalue weighted by atomic mass is 35.5. The van der Waals surface area contributed by atoms with Crippen molar-refractivity contribution in [2.75, 3.05) is 12.4 Å². The zero-order chi connectivity index (χ0) is 15.1. The van der Waals surface area contributed by atoms with Gasteiger partial charge in [0.1, 0.15) is 0 Å². The number of ether oxygens (including phenoxy) is 1. The normalized spacial score (nSPS) is 11.1. The lowest BCUT2D eigenvalue weighted by Gasteiger charge is -2.12. The molecule has 0 radical (unpaired) electrons. The first-order chi connectivity index (χ1) is 9.47. The number of halogens is 1. The molecule has 0 bridgehead atoms. The molecule has 1 aromatic carbocycles. The van der Waals surface area contributed by atoms with E-state index in [-0.39, 0.29) is 23.0 Å². The molecule has 0 unspecified atom stereocenters. The van der Waals surface area contributed by atoms with Crippen molar-refractivity contribution in [3.8, 4) is 6.07 Å². The standard InChI is InChI=1S/C13H14ClN3O3/c1-8(5-6-15)16-13(19)17-9-3-4-10(11(14)7-9)12(18)20-2/h3-4,7-8H,5H2,1-2H3,(H2,16,17,19)/t8-/m0/s1. The van der Waals surface area contributed by atoms with Crippen molar-refractivity contribution < 1.29 is 14.3 Å². The minimum absolute atomic E-state index is 0.180. The van der Waals surface area contributed by atoms with Crippen molar-refractivity contribution >= 4 is 29.3 Å². The number of benzene rings is 1. The van der Waals surface area contributed by atoms with Gasteiger partial charge in [-0.15, -0.1) is 0 Å². The van der Waals surface area contributed by atoms with Crippen LogP contribution in [0.3, 0.4) is 0 Å². The van der Waals surface area contributed by atoms with E-state index in [0.29, 0.717) is 5.69 Å². The average Bonchev–Trinajstić information content (AvgIpc) is 2.38. The number of carbonyl (C=O) groups excluding carboxylic acids is 2. The van der Waals surface area contributed by atoms with Gasteiger partial charge in [-0.05, 0) is 25.1 Å². The average molecular weight is 296 g/mol. The van der Waals surface area contributed by atoms with Crippen molar-refractivity contribution in [2.45, 2.75) is 19.4 Å². The highest BCUT2D eigenvalue weighted by Gasteiger charge is 2.12. The van der Waals surface area contributed by atoms with Crippen molar-refractivity contribution in [1.82, 2.24) is 5.32 Å². The predicted molar refractivity (Wildman–Crippen MR) is 74.6 cm³/mol. The van der Waals surface area contributed by atoms with E-state index < -0.39 is 12.0 Å². The molecule has 20 heavy (non-hydrogen) atoms. The van der Waals surface area contributed by atoms with E-state index in [2.05, 4.69) is 15.4 Å². The molecule has 0 fully saturated rings. The fourth-order valence-electron chi connectivity index (χ4n) is 1.45. The molecule has 0 spiro atoms. The fraction of sp³-hybridized carbons (Fsp3) is 0.308. The minimum atomic E-state index is -0.548. The van der Waals surface area contributed by atoms with Crippen molar-refractivity contribution in [1.29, 1.82) is 5.26 Å². The van der Waals surface area contributed by atoms with E-state index in [1.165, 1.54) is 25.3 Å². The summed E-state index contributed by atoms with van der Waals surface area (Å²) < 4.78 is 4.56. The number of hydrogen-bond donors (Lipinski definition) is 2. The van der Waals surface area contributed by atoms with E-state index in [0.717, 1.165) is 0 Å². The van der Waals surface area contributed by atoms with Gasteiger partial charge in [0.15, 0.2) is 0 Å². The molecule has 1 atom stereocenters. The number of esters is 1. The van der Waals surface area contributed by atoms with Gasteiger partial charge in [-0.2, -0.15) is 5.26 Å². The lowest BCUT2D eigenvalue weighted by Crippen LogP contribution is -2.35. The third kappa shape index (κ3) is 4.44. The number of rotatable bonds is 4. The van der Waals surface area contributed by atoms with Crippen LogP contribution in [0.15, 0.2) is 18.2 Å². The van der Waals surface area contributed by atoms with Gasteiger partial charge in [0.2, 0.25) is 0 Å². The van der Waals surface area contributed by atoms with Crippen LogP contribution >= 0.6 is 11.6 Å². The molecule has 0 aromatic heterocycles. The van der Waals surface area contributed by atoms with E-state index in [4.69, 9.17) is 16.9 Å². The zero-order valence-corrected chi connectivity index (χ0v) is 11.8. The van der Waals surface area contributed by atoms with Crippen LogP contribution in [0.2, 0.25) is 5.02 Å². The summed E-state index contributed by atoms with van der Waals surface area (Å²) in [6.07, 6.45) is 0.218. The van der Waals surface area contributed by atoms with Crippen LogP contribution < -0.4 is 10.6 Å². The second-order valence-corrected chi connectivity index (χ2v) is 4.46. The maximum absolute atomic E-state index is 11.6. The Morgan fingerprint density at radius 1 is 1.50 bits per heavy atom. The third-order valence-electron chi connectivity index (χ3n) is 2.41. The van der Waals surface area contributed by atoms with Gasteiger partial charge in [-0.3, -0.25) is 0 Å². The monoisotopic (exact) mass is 295 g/mol. The summed E-state index contributed by atoms with van der Waals surface area (Å²) >= 11 is 5.93. The number of methoxy groups -OCH3 is 1. The summed E-state index contributed by atoms with van der Waals surface area (Å²) in [7, 11) is 1.26. The number of nitrogens with zero attached hydrogens (tertiary/aromatic N) is 1. The SMILES string of the molecule is COC(=O)c1ccc(NC(=O)N[C@@H](C)CC#N)cc1Cl. The Balaban J connectivity index is 2.70. The number of nitrogens with one attached hydrogen (secondary N) is 2. The topological polar surface area (TPSA) is 91.2 Å². The summed E-state index contributed by atoms with van der Waals surface area (Å²) in [5.74, 6) is -0.548. The molecule has 0 aliphatic carbocycles. The molecule has 0 heterocycles. The number of nitriles is 1. The van der Waals surface area contributed by atoms with Gasteiger partial charge < -0.3 is 15.4 Å². The maximum atomic E-state index is 11.6. The highest BCUT2D eigenvalue weighted by molar-refractivity contribution is 6.33. The van der Waals surface area contributed by atoms with Crippen LogP contribution in [0.5, 0.6) is 0 Å². The Bertz CT molecular complexity index is 554. The van der Waals surface area contributed by atoms with E-state index in [1.807, 2.05) is 6.07 Å². The number of hydrogen-bond acceptors (Lipinski definition) is 4. The van der Waals surface area contributed by atoms with Crippen molar-refractivity contribution in [2.24, 2.45) is 0 Å². The zero-order valence-electron chi connectivity index (χ0n) is 11.1. The molecule has 7 heteroatoms. The molecule has 2 N–H and O–H groups in total. The molecular formula is C13H14ClN3O3. The molecule has 2 amide bonds. The van der Waals surface area contributed by atoms with Crippen LogP contribution in [0.4, 0.5) is 10.5 Å². The first-order valence-corrected chi connectivity index (χ1v) is 6.18. The molecular weight excluding hydrogens is 282 g/mol. The van der Waals surface area contributed by atoms with Crippen molar-refractivity contribution in [3.63, 3.8) is 0 Å². The largest absolute Gasteiger partial charge is 0.465 e. The molecule has 1 rings (SSSR count). The van der Waals surface area contributed by atoms with Crippen LogP contribution in [0.1, 0.15) is 23.7 Å². The van der Waals surface area contributed by atoms with E-state index in [1.54, 1.807) is 6.92 Å². The van der Waals surface area contributed by atoms with E-state index >= 15 is 0 Å². The summed E-state index contributed by atoms with van der Waals surface area (Å²) in [5, 5.41) is 13.8. The van der Waals surface area contributed by atoms with Gasteiger partial charge in [0, 0.05) is 11.7 Å². The maximum Gasteiger partial charge on any atom is 0.339 e. The summed E-state index contributed by atoms with van der Waals surface area (Å²) in [6, 6.07) is 5.69. The Labute approximate surface area is 121 Å². The van der Waals surface area contributed by atoms with Gasteiger partial charge in [-0.25, -0.2) is 9.59 Å². The summed E-state index contributed by atoms with van der Waals surface area (Å²) in [4.78, 5) is 23.0. The third-order valence-corrected chi connectivity index (χ3v) is 2.72. The van der Waals surface area contributed by atoms with Crippen LogP contribution in [0.25, 0.3) is 0 Å². The first kappa shape index (κ1) is 15.8. The Kier molecular flexibility index (Phi) is 5.81. The Morgan fingerprint density at radius 2 is 2.20 bits per heavy atom. The Morgan fingerprint density at radius 3 is 2.75 bits per heavy atom. The second kappa shape index (κ2) is 7.36. The molecule has 0 aliphatic heterocycles. The smallest absolute Gasteiger partial charge is 0.339 e. The van der Waals surface area contributed by atoms with Gasteiger partial charge in [0.05, 0.1) is 30.2 Å². The number of urea groups is 1. The van der Waals surface area contributed by atoms with Crippen LogP contribution in [-0.2, 0) is 4.74 Å². The predicted octanol–water partition coefficient (Wildman–Crippen LogP) is 2.55. The van der Waals surface area contributed by atoms with Gasteiger partial charge in [0.25, 0.3) is 0 Å². The van der Waals surface area contributed by atoms with Crippen LogP contribution in [-0.4, -0.2) is 25.2 Å². The first-order valence-electron chi connectivity index (χ1n) is 5.80. The van der Waals surface area contributed by atoms with E-state index in [9.17, 15) is 9.59 Å². The fourth-order valence-corrected chi connectivity index (χ4v) is 1.70. The number of amides is 2. The lowest BCUT2D eigenvalue weighted by molar-refractivity contribution is 0.0601.